The Kier molecular flexibility index (Phi) is 2.33. The van der Waals surface area contributed by atoms with Crippen molar-refractivity contribution < 1.29 is 4.57 Å². The summed E-state index contributed by atoms with van der Waals surface area (Å²) in [5, 5.41) is 0.311. The summed E-state index contributed by atoms with van der Waals surface area (Å²) >= 11 is 4.34. The topological polar surface area (TPSA) is 3.88 Å². The van der Waals surface area contributed by atoms with Gasteiger partial charge in [-0.15, -0.1) is 0 Å². The zero-order valence-electron chi connectivity index (χ0n) is 6.28. The van der Waals surface area contributed by atoms with Crippen LogP contribution in [0.4, 0.5) is 0 Å². The van der Waals surface area contributed by atoms with Crippen molar-refractivity contribution in [1.29, 1.82) is 0 Å². The van der Waals surface area contributed by atoms with Gasteiger partial charge in [0.1, 0.15) is 7.05 Å². The summed E-state index contributed by atoms with van der Waals surface area (Å²) < 4.78 is 2.08. The van der Waals surface area contributed by atoms with E-state index >= 15 is 0 Å². The molecule has 0 saturated carbocycles. The molecule has 0 aromatic carbocycles. The number of hydrogen-bond donors (Lipinski definition) is 1. The number of rotatable bonds is 1. The van der Waals surface area contributed by atoms with E-state index in [9.17, 15) is 0 Å². The predicted molar refractivity (Wildman–Crippen MR) is 45.0 cm³/mol. The molecule has 1 heterocycles. The van der Waals surface area contributed by atoms with Crippen LogP contribution >= 0.6 is 12.6 Å². The highest BCUT2D eigenvalue weighted by Gasteiger charge is 2.08. The molecular weight excluding hydrogens is 142 g/mol. The maximum atomic E-state index is 4.34. The van der Waals surface area contributed by atoms with Gasteiger partial charge in [-0.3, -0.25) is 0 Å². The van der Waals surface area contributed by atoms with Crippen molar-refractivity contribution >= 4 is 12.6 Å². The molecule has 0 bridgehead atoms. The Bertz CT molecular complexity index is 220. The van der Waals surface area contributed by atoms with Crippen molar-refractivity contribution in [3.63, 3.8) is 0 Å². The lowest BCUT2D eigenvalue weighted by Gasteiger charge is -1.99. The SMILES string of the molecule is CC(S)c1cccc[n+]1C. The minimum absolute atomic E-state index is 0.311. The third-order valence-electron chi connectivity index (χ3n) is 1.52. The molecule has 2 heteroatoms. The molecule has 0 radical (unpaired) electrons. The minimum Gasteiger partial charge on any atom is -0.204 e. The zero-order chi connectivity index (χ0) is 7.56. The number of aryl methyl sites for hydroxylation is 1. The van der Waals surface area contributed by atoms with E-state index in [1.165, 1.54) is 5.69 Å². The van der Waals surface area contributed by atoms with Crippen LogP contribution in [0.25, 0.3) is 0 Å². The molecule has 10 heavy (non-hydrogen) atoms. The Morgan fingerprint density at radius 1 is 1.50 bits per heavy atom. The van der Waals surface area contributed by atoms with E-state index < -0.39 is 0 Å². The molecule has 1 unspecified atom stereocenters. The molecule has 0 amide bonds. The summed E-state index contributed by atoms with van der Waals surface area (Å²) in [6, 6.07) is 6.12. The van der Waals surface area contributed by atoms with Crippen LogP contribution in [-0.2, 0) is 7.05 Å². The lowest BCUT2D eigenvalue weighted by Crippen LogP contribution is -2.32. The van der Waals surface area contributed by atoms with Crippen LogP contribution in [0, 0.1) is 0 Å². The molecule has 0 aliphatic carbocycles. The lowest BCUT2D eigenvalue weighted by molar-refractivity contribution is -0.679. The van der Waals surface area contributed by atoms with Crippen LogP contribution in [0.5, 0.6) is 0 Å². The Morgan fingerprint density at radius 2 is 2.20 bits per heavy atom. The molecule has 0 aliphatic heterocycles. The van der Waals surface area contributed by atoms with Gasteiger partial charge in [-0.2, -0.15) is 12.6 Å². The third-order valence-corrected chi connectivity index (χ3v) is 1.79. The van der Waals surface area contributed by atoms with Crippen LogP contribution in [-0.4, -0.2) is 0 Å². The Hall–Kier alpha value is -0.500. The first kappa shape index (κ1) is 7.61. The summed E-state index contributed by atoms with van der Waals surface area (Å²) in [5.41, 5.74) is 1.24. The Labute approximate surface area is 67.1 Å². The van der Waals surface area contributed by atoms with Gasteiger partial charge in [-0.1, -0.05) is 6.07 Å². The number of aromatic nitrogens is 1. The van der Waals surface area contributed by atoms with Gasteiger partial charge in [0.15, 0.2) is 11.9 Å². The molecule has 0 saturated heterocycles. The second-order valence-corrected chi connectivity index (χ2v) is 3.19. The summed E-state index contributed by atoms with van der Waals surface area (Å²) in [6.07, 6.45) is 2.03. The number of pyridine rings is 1. The van der Waals surface area contributed by atoms with E-state index in [0.29, 0.717) is 5.25 Å². The van der Waals surface area contributed by atoms with E-state index in [0.717, 1.165) is 0 Å². The van der Waals surface area contributed by atoms with Gasteiger partial charge in [0.2, 0.25) is 0 Å². The molecule has 1 nitrogen and oxygen atoms in total. The first-order valence-electron chi connectivity index (χ1n) is 3.34. The average molecular weight is 154 g/mol. The second kappa shape index (κ2) is 3.06. The highest BCUT2D eigenvalue weighted by molar-refractivity contribution is 7.80. The van der Waals surface area contributed by atoms with Crippen molar-refractivity contribution in [2.24, 2.45) is 7.05 Å². The van der Waals surface area contributed by atoms with Crippen molar-refractivity contribution in [1.82, 2.24) is 0 Å². The van der Waals surface area contributed by atoms with Crippen LogP contribution in [0.2, 0.25) is 0 Å². The van der Waals surface area contributed by atoms with E-state index in [4.69, 9.17) is 0 Å². The molecule has 0 fully saturated rings. The molecule has 0 spiro atoms. The fraction of sp³-hybridized carbons (Fsp3) is 0.375. The van der Waals surface area contributed by atoms with E-state index in [-0.39, 0.29) is 0 Å². The molecular formula is C8H12NS+. The number of hydrogen-bond acceptors (Lipinski definition) is 1. The lowest BCUT2D eigenvalue weighted by atomic mass is 10.3. The van der Waals surface area contributed by atoms with E-state index in [1.807, 2.05) is 25.4 Å². The summed E-state index contributed by atoms with van der Waals surface area (Å²) in [4.78, 5) is 0. The fourth-order valence-electron chi connectivity index (χ4n) is 0.971. The summed E-state index contributed by atoms with van der Waals surface area (Å²) in [5.74, 6) is 0. The van der Waals surface area contributed by atoms with Crippen molar-refractivity contribution in [3.8, 4) is 0 Å². The maximum Gasteiger partial charge on any atom is 0.193 e. The molecule has 1 atom stereocenters. The van der Waals surface area contributed by atoms with E-state index in [1.54, 1.807) is 0 Å². The quantitative estimate of drug-likeness (QED) is 0.461. The Balaban J connectivity index is 3.03. The number of thiol groups is 1. The maximum absolute atomic E-state index is 4.34. The largest absolute Gasteiger partial charge is 0.204 e. The fourth-order valence-corrected chi connectivity index (χ4v) is 1.24. The smallest absolute Gasteiger partial charge is 0.193 e. The first-order valence-corrected chi connectivity index (χ1v) is 3.86. The van der Waals surface area contributed by atoms with Crippen molar-refractivity contribution in [2.45, 2.75) is 12.2 Å². The molecule has 0 aliphatic rings. The molecule has 1 aromatic heterocycles. The second-order valence-electron chi connectivity index (χ2n) is 2.41. The van der Waals surface area contributed by atoms with Crippen LogP contribution < -0.4 is 4.57 Å². The molecule has 54 valence electrons. The predicted octanol–water partition coefficient (Wildman–Crippen LogP) is 1.50. The first-order chi connectivity index (χ1) is 4.72. The van der Waals surface area contributed by atoms with Gasteiger partial charge in [0, 0.05) is 12.1 Å². The van der Waals surface area contributed by atoms with Crippen molar-refractivity contribution in [3.05, 3.63) is 30.1 Å². The molecule has 1 rings (SSSR count). The van der Waals surface area contributed by atoms with Gasteiger partial charge in [-0.25, -0.2) is 4.57 Å². The van der Waals surface area contributed by atoms with Crippen LogP contribution in [0.15, 0.2) is 24.4 Å². The van der Waals surface area contributed by atoms with Gasteiger partial charge in [0.25, 0.3) is 0 Å². The van der Waals surface area contributed by atoms with Crippen LogP contribution in [0.1, 0.15) is 17.9 Å². The monoisotopic (exact) mass is 154 g/mol. The third kappa shape index (κ3) is 1.51. The highest BCUT2D eigenvalue weighted by Crippen LogP contribution is 2.12. The van der Waals surface area contributed by atoms with Crippen LogP contribution in [0.3, 0.4) is 0 Å². The van der Waals surface area contributed by atoms with Gasteiger partial charge in [0.05, 0.1) is 5.25 Å². The summed E-state index contributed by atoms with van der Waals surface area (Å²) in [7, 11) is 2.03. The molecule has 0 N–H and O–H groups in total. The average Bonchev–Trinajstić information content (AvgIpc) is 1.88. The van der Waals surface area contributed by atoms with Gasteiger partial charge < -0.3 is 0 Å². The van der Waals surface area contributed by atoms with Gasteiger partial charge >= 0.3 is 0 Å². The summed E-state index contributed by atoms with van der Waals surface area (Å²) in [6.45, 7) is 2.07. The van der Waals surface area contributed by atoms with Gasteiger partial charge in [-0.05, 0) is 6.92 Å². The number of nitrogens with zero attached hydrogens (tertiary/aromatic N) is 1. The minimum atomic E-state index is 0.311. The standard InChI is InChI=1S/C8H11NS/c1-7(10)8-5-3-4-6-9(8)2/h3-7H,1-2H3/p+1. The molecule has 1 aromatic rings. The normalized spacial score (nSPS) is 13.1. The Morgan fingerprint density at radius 3 is 2.60 bits per heavy atom. The van der Waals surface area contributed by atoms with Crippen molar-refractivity contribution in [2.75, 3.05) is 0 Å². The highest BCUT2D eigenvalue weighted by atomic mass is 32.1. The van der Waals surface area contributed by atoms with E-state index in [2.05, 4.69) is 30.2 Å². The zero-order valence-corrected chi connectivity index (χ0v) is 7.18.